The van der Waals surface area contributed by atoms with E-state index < -0.39 is 0 Å². The number of nitrogens with zero attached hydrogens (tertiary/aromatic N) is 3. The Balaban J connectivity index is 1.42. The lowest BCUT2D eigenvalue weighted by Crippen LogP contribution is -2.45. The van der Waals surface area contributed by atoms with E-state index in [0.29, 0.717) is 12.1 Å². The highest BCUT2D eigenvalue weighted by Crippen LogP contribution is 2.40. The van der Waals surface area contributed by atoms with Crippen LogP contribution in [0.4, 0.5) is 0 Å². The fourth-order valence-corrected chi connectivity index (χ4v) is 5.60. The Kier molecular flexibility index (Phi) is 3.49. The Bertz CT molecular complexity index is 538. The van der Waals surface area contributed by atoms with Crippen molar-refractivity contribution >= 4 is 33.9 Å². The molecule has 21 heavy (non-hydrogen) atoms. The Morgan fingerprint density at radius 2 is 2.38 bits per heavy atom. The standard InChI is InChI=1S/C15H22N4S2/c1-15(2)9-16-13(18-15)20-7-12-8-21-14-17-10-4-3-5-11(6-10)19(12)14/h8,10-11H,3-7,9H2,1-2H3,(H,16,18)/t10-,11?/m0/s1. The van der Waals surface area contributed by atoms with Crippen molar-refractivity contribution in [1.29, 1.82) is 0 Å². The monoisotopic (exact) mass is 322 g/mol. The first-order valence-corrected chi connectivity index (χ1v) is 9.65. The van der Waals surface area contributed by atoms with Crippen LogP contribution in [-0.2, 0) is 0 Å². The van der Waals surface area contributed by atoms with Crippen LogP contribution in [0.25, 0.3) is 0 Å². The van der Waals surface area contributed by atoms with E-state index in [0.717, 1.165) is 17.5 Å². The number of fused-ring (bicyclic) bond motifs is 4. The number of rotatable bonds is 2. The first-order valence-electron chi connectivity index (χ1n) is 7.79. The molecule has 0 aromatic rings. The predicted molar refractivity (Wildman–Crippen MR) is 93.0 cm³/mol. The van der Waals surface area contributed by atoms with Gasteiger partial charge >= 0.3 is 0 Å². The molecule has 1 N–H and O–H groups in total. The Labute approximate surface area is 134 Å². The zero-order valence-corrected chi connectivity index (χ0v) is 14.3. The molecule has 1 saturated carbocycles. The van der Waals surface area contributed by atoms with Gasteiger partial charge in [0.25, 0.3) is 0 Å². The van der Waals surface area contributed by atoms with Gasteiger partial charge in [0.1, 0.15) is 0 Å². The highest BCUT2D eigenvalue weighted by Gasteiger charge is 2.38. The molecule has 3 heterocycles. The first kappa shape index (κ1) is 14.0. The maximum Gasteiger partial charge on any atom is 0.168 e. The number of nitrogens with one attached hydrogen (secondary N) is 1. The van der Waals surface area contributed by atoms with Crippen molar-refractivity contribution in [1.82, 2.24) is 10.2 Å². The van der Waals surface area contributed by atoms with Crippen molar-refractivity contribution in [3.05, 3.63) is 11.1 Å². The molecule has 2 bridgehead atoms. The van der Waals surface area contributed by atoms with E-state index >= 15 is 0 Å². The fraction of sp³-hybridized carbons (Fsp3) is 0.733. The summed E-state index contributed by atoms with van der Waals surface area (Å²) in [6, 6.07) is 1.28. The van der Waals surface area contributed by atoms with Crippen molar-refractivity contribution in [2.24, 2.45) is 9.98 Å². The highest BCUT2D eigenvalue weighted by molar-refractivity contribution is 8.17. The van der Waals surface area contributed by atoms with Crippen LogP contribution < -0.4 is 5.32 Å². The maximum absolute atomic E-state index is 4.92. The molecule has 0 amide bonds. The maximum atomic E-state index is 4.92. The van der Waals surface area contributed by atoms with Gasteiger partial charge in [0, 0.05) is 17.5 Å². The van der Waals surface area contributed by atoms with Gasteiger partial charge in [-0.05, 0) is 44.9 Å². The smallest absolute Gasteiger partial charge is 0.168 e. The molecular formula is C15H22N4S2. The molecule has 3 aliphatic heterocycles. The minimum absolute atomic E-state index is 0.121. The summed E-state index contributed by atoms with van der Waals surface area (Å²) in [5.74, 6) is 0.995. The summed E-state index contributed by atoms with van der Waals surface area (Å²) in [6.45, 7) is 5.28. The Morgan fingerprint density at radius 1 is 1.48 bits per heavy atom. The van der Waals surface area contributed by atoms with Gasteiger partial charge in [-0.2, -0.15) is 0 Å². The lowest BCUT2D eigenvalue weighted by Gasteiger charge is -2.40. The molecular weight excluding hydrogens is 300 g/mol. The van der Waals surface area contributed by atoms with Crippen molar-refractivity contribution in [3.8, 4) is 0 Å². The van der Waals surface area contributed by atoms with Gasteiger partial charge in [0.2, 0.25) is 0 Å². The van der Waals surface area contributed by atoms with Gasteiger partial charge in [-0.25, -0.2) is 0 Å². The molecule has 1 aliphatic carbocycles. The zero-order chi connectivity index (χ0) is 14.4. The van der Waals surface area contributed by atoms with E-state index in [-0.39, 0.29) is 5.54 Å². The fourth-order valence-electron chi connectivity index (χ4n) is 3.45. The summed E-state index contributed by atoms with van der Waals surface area (Å²) in [6.07, 6.45) is 5.19. The molecule has 114 valence electrons. The lowest BCUT2D eigenvalue weighted by molar-refractivity contribution is 0.248. The van der Waals surface area contributed by atoms with Crippen LogP contribution in [-0.4, -0.2) is 45.2 Å². The van der Waals surface area contributed by atoms with Crippen molar-refractivity contribution in [2.45, 2.75) is 57.2 Å². The van der Waals surface area contributed by atoms with Crippen LogP contribution in [0.5, 0.6) is 0 Å². The topological polar surface area (TPSA) is 40.0 Å². The second kappa shape index (κ2) is 5.23. The zero-order valence-electron chi connectivity index (χ0n) is 12.6. The minimum Gasteiger partial charge on any atom is -0.358 e. The predicted octanol–water partition coefficient (Wildman–Crippen LogP) is 3.03. The summed E-state index contributed by atoms with van der Waals surface area (Å²) in [5, 5.41) is 8.13. The molecule has 0 aromatic carbocycles. The van der Waals surface area contributed by atoms with E-state index in [1.165, 1.54) is 36.5 Å². The Hall–Kier alpha value is -0.620. The second-order valence-corrected chi connectivity index (χ2v) is 8.70. The summed E-state index contributed by atoms with van der Waals surface area (Å²) in [4.78, 5) is 12.0. The van der Waals surface area contributed by atoms with E-state index in [2.05, 4.69) is 34.5 Å². The molecule has 4 aliphatic rings. The third-order valence-corrected chi connectivity index (χ3v) is 6.36. The molecule has 2 atom stereocenters. The quantitative estimate of drug-likeness (QED) is 0.848. The number of aliphatic imine (C=N–C) groups is 2. The van der Waals surface area contributed by atoms with Gasteiger partial charge in [-0.15, -0.1) is 0 Å². The summed E-state index contributed by atoms with van der Waals surface area (Å²) in [7, 11) is 0. The van der Waals surface area contributed by atoms with E-state index in [1.807, 2.05) is 23.5 Å². The molecule has 1 unspecified atom stereocenters. The van der Waals surface area contributed by atoms with Crippen LogP contribution in [0.15, 0.2) is 21.1 Å². The molecule has 0 saturated heterocycles. The lowest BCUT2D eigenvalue weighted by atomic mass is 9.89. The molecule has 0 spiro atoms. The van der Waals surface area contributed by atoms with E-state index in [4.69, 9.17) is 4.99 Å². The van der Waals surface area contributed by atoms with Crippen LogP contribution in [0, 0.1) is 0 Å². The number of amidine groups is 2. The summed E-state index contributed by atoms with van der Waals surface area (Å²) in [5.41, 5.74) is 1.54. The number of hydrogen-bond donors (Lipinski definition) is 1. The average Bonchev–Trinajstić information content (AvgIpc) is 3.00. The normalized spacial score (nSPS) is 33.0. The molecule has 4 nitrogen and oxygen atoms in total. The van der Waals surface area contributed by atoms with Gasteiger partial charge < -0.3 is 10.2 Å². The molecule has 1 fully saturated rings. The van der Waals surface area contributed by atoms with Crippen molar-refractivity contribution in [2.75, 3.05) is 12.3 Å². The number of hydrogen-bond acceptors (Lipinski definition) is 6. The van der Waals surface area contributed by atoms with Crippen LogP contribution in [0.2, 0.25) is 0 Å². The largest absolute Gasteiger partial charge is 0.358 e. The summed E-state index contributed by atoms with van der Waals surface area (Å²) < 4.78 is 0. The molecule has 4 rings (SSSR count). The third kappa shape index (κ3) is 2.72. The van der Waals surface area contributed by atoms with Crippen LogP contribution in [0.3, 0.4) is 0 Å². The number of thioether (sulfide) groups is 2. The van der Waals surface area contributed by atoms with Crippen molar-refractivity contribution in [3.63, 3.8) is 0 Å². The Morgan fingerprint density at radius 3 is 3.19 bits per heavy atom. The average molecular weight is 323 g/mol. The van der Waals surface area contributed by atoms with Crippen molar-refractivity contribution < 1.29 is 0 Å². The van der Waals surface area contributed by atoms with E-state index in [1.54, 1.807) is 0 Å². The molecule has 6 heteroatoms. The van der Waals surface area contributed by atoms with Crippen LogP contribution in [0.1, 0.15) is 39.5 Å². The van der Waals surface area contributed by atoms with Crippen LogP contribution >= 0.6 is 23.5 Å². The van der Waals surface area contributed by atoms with Gasteiger partial charge in [-0.1, -0.05) is 23.5 Å². The van der Waals surface area contributed by atoms with Gasteiger partial charge in [0.05, 0.1) is 18.1 Å². The first-order chi connectivity index (χ1) is 10.1. The van der Waals surface area contributed by atoms with Gasteiger partial charge in [0.15, 0.2) is 10.3 Å². The molecule has 0 aromatic heterocycles. The summed E-state index contributed by atoms with van der Waals surface area (Å²) >= 11 is 3.64. The second-order valence-electron chi connectivity index (χ2n) is 6.90. The molecule has 0 radical (unpaired) electrons. The SMILES string of the molecule is CC1(C)CN=C(SCC2=CSC3=N[C@H]4CCCC(C4)N23)N1. The third-order valence-electron chi connectivity index (χ3n) is 4.51. The highest BCUT2D eigenvalue weighted by atomic mass is 32.2. The minimum atomic E-state index is 0.121. The van der Waals surface area contributed by atoms with E-state index in [9.17, 15) is 0 Å². The van der Waals surface area contributed by atoms with Gasteiger partial charge in [-0.3, -0.25) is 9.98 Å².